The van der Waals surface area contributed by atoms with E-state index >= 15 is 0 Å². The maximum Gasteiger partial charge on any atom is 0.310 e. The minimum absolute atomic E-state index is 0.109. The zero-order valence-electron chi connectivity index (χ0n) is 14.7. The van der Waals surface area contributed by atoms with Gasteiger partial charge >= 0.3 is 5.97 Å². The number of aromatic nitrogens is 1. The summed E-state index contributed by atoms with van der Waals surface area (Å²) in [6.45, 7) is 1.56. The number of carbonyl (C=O) groups is 2. The van der Waals surface area contributed by atoms with Crippen molar-refractivity contribution in [2.24, 2.45) is 0 Å². The molecule has 0 radical (unpaired) electrons. The highest BCUT2D eigenvalue weighted by atomic mass is 16.5. The Morgan fingerprint density at radius 3 is 2.62 bits per heavy atom. The van der Waals surface area contributed by atoms with Gasteiger partial charge in [-0.1, -0.05) is 30.3 Å². The summed E-state index contributed by atoms with van der Waals surface area (Å²) in [5.74, 6) is -0.326. The van der Waals surface area contributed by atoms with Crippen molar-refractivity contribution in [3.05, 3.63) is 59.8 Å². The quantitative estimate of drug-likeness (QED) is 0.668. The first-order valence-corrected chi connectivity index (χ1v) is 8.23. The van der Waals surface area contributed by atoms with Crippen molar-refractivity contribution in [1.29, 1.82) is 0 Å². The standard InChI is InChI=1S/C20H20N2O4/c1-13-15(14-7-3-4-8-16(14)21-13)11-20(24)26-12-19(23)22-17-9-5-6-10-18(17)25-2/h3-10,21H,11-12H2,1-2H3,(H,22,23). The lowest BCUT2D eigenvalue weighted by atomic mass is 10.1. The molecule has 134 valence electrons. The SMILES string of the molecule is COc1ccccc1NC(=O)COC(=O)Cc1c(C)[nH]c2ccccc12. The van der Waals surface area contributed by atoms with Gasteiger partial charge < -0.3 is 19.8 Å². The largest absolute Gasteiger partial charge is 0.495 e. The second-order valence-corrected chi connectivity index (χ2v) is 5.86. The van der Waals surface area contributed by atoms with E-state index in [4.69, 9.17) is 9.47 Å². The summed E-state index contributed by atoms with van der Waals surface area (Å²) in [6.07, 6.45) is 0.109. The molecule has 6 heteroatoms. The van der Waals surface area contributed by atoms with Crippen LogP contribution in [0.15, 0.2) is 48.5 Å². The third-order valence-electron chi connectivity index (χ3n) is 4.09. The monoisotopic (exact) mass is 352 g/mol. The summed E-state index contributed by atoms with van der Waals surface area (Å²) in [5, 5.41) is 3.66. The Morgan fingerprint density at radius 1 is 1.08 bits per heavy atom. The number of benzene rings is 2. The normalized spacial score (nSPS) is 10.5. The van der Waals surface area contributed by atoms with E-state index in [0.717, 1.165) is 22.2 Å². The number of esters is 1. The smallest absolute Gasteiger partial charge is 0.310 e. The van der Waals surface area contributed by atoms with Gasteiger partial charge in [0, 0.05) is 16.6 Å². The van der Waals surface area contributed by atoms with E-state index in [9.17, 15) is 9.59 Å². The molecule has 0 unspecified atom stereocenters. The molecule has 0 spiro atoms. The minimum Gasteiger partial charge on any atom is -0.495 e. The Balaban J connectivity index is 1.58. The lowest BCUT2D eigenvalue weighted by Crippen LogP contribution is -2.22. The number of fused-ring (bicyclic) bond motifs is 1. The molecule has 3 aromatic rings. The van der Waals surface area contributed by atoms with Crippen LogP contribution in [0, 0.1) is 6.92 Å². The molecular weight excluding hydrogens is 332 g/mol. The van der Waals surface area contributed by atoms with Crippen molar-refractivity contribution < 1.29 is 19.1 Å². The van der Waals surface area contributed by atoms with Gasteiger partial charge in [-0.2, -0.15) is 0 Å². The van der Waals surface area contributed by atoms with Crippen LogP contribution in [0.3, 0.4) is 0 Å². The first-order chi connectivity index (χ1) is 12.6. The molecule has 0 aliphatic heterocycles. The Hall–Kier alpha value is -3.28. The predicted octanol–water partition coefficient (Wildman–Crippen LogP) is 3.21. The maximum absolute atomic E-state index is 12.1. The van der Waals surface area contributed by atoms with Crippen LogP contribution in [0.5, 0.6) is 5.75 Å². The van der Waals surface area contributed by atoms with Gasteiger partial charge in [0.15, 0.2) is 6.61 Å². The Bertz CT molecular complexity index is 946. The highest BCUT2D eigenvalue weighted by Gasteiger charge is 2.15. The summed E-state index contributed by atoms with van der Waals surface area (Å²) in [7, 11) is 1.52. The molecule has 1 aromatic heterocycles. The molecule has 0 atom stereocenters. The molecule has 0 bridgehead atoms. The van der Waals surface area contributed by atoms with E-state index in [0.29, 0.717) is 11.4 Å². The van der Waals surface area contributed by atoms with E-state index in [1.54, 1.807) is 24.3 Å². The van der Waals surface area contributed by atoms with Crippen molar-refractivity contribution >= 4 is 28.5 Å². The Morgan fingerprint density at radius 2 is 1.81 bits per heavy atom. The molecule has 0 saturated heterocycles. The van der Waals surface area contributed by atoms with Crippen LogP contribution >= 0.6 is 0 Å². The average Bonchev–Trinajstić information content (AvgIpc) is 2.96. The number of anilines is 1. The first kappa shape index (κ1) is 17.5. The third kappa shape index (κ3) is 3.85. The number of aryl methyl sites for hydroxylation is 1. The van der Waals surface area contributed by atoms with Crippen molar-refractivity contribution in [1.82, 2.24) is 4.98 Å². The molecule has 6 nitrogen and oxygen atoms in total. The fourth-order valence-corrected chi connectivity index (χ4v) is 2.84. The molecule has 1 amide bonds. The summed E-state index contributed by atoms with van der Waals surface area (Å²) < 4.78 is 10.3. The van der Waals surface area contributed by atoms with Crippen LogP contribution in [0.1, 0.15) is 11.3 Å². The molecular formula is C20H20N2O4. The van der Waals surface area contributed by atoms with Crippen molar-refractivity contribution in [2.75, 3.05) is 19.0 Å². The number of rotatable bonds is 6. The first-order valence-electron chi connectivity index (χ1n) is 8.23. The van der Waals surface area contributed by atoms with Gasteiger partial charge in [0.05, 0.1) is 19.2 Å². The molecule has 1 heterocycles. The van der Waals surface area contributed by atoms with Gasteiger partial charge in [0.1, 0.15) is 5.75 Å². The third-order valence-corrected chi connectivity index (χ3v) is 4.09. The van der Waals surface area contributed by atoms with Crippen molar-refractivity contribution in [3.8, 4) is 5.75 Å². The van der Waals surface area contributed by atoms with E-state index in [-0.39, 0.29) is 13.0 Å². The predicted molar refractivity (Wildman–Crippen MR) is 99.3 cm³/mol. The second-order valence-electron chi connectivity index (χ2n) is 5.86. The van der Waals surface area contributed by atoms with E-state index in [1.807, 2.05) is 31.2 Å². The molecule has 2 aromatic carbocycles. The van der Waals surface area contributed by atoms with Crippen LogP contribution in [0.25, 0.3) is 10.9 Å². The zero-order valence-corrected chi connectivity index (χ0v) is 14.7. The highest BCUT2D eigenvalue weighted by molar-refractivity contribution is 5.94. The summed E-state index contributed by atoms with van der Waals surface area (Å²) in [4.78, 5) is 27.4. The number of H-pyrrole nitrogens is 1. The number of hydrogen-bond donors (Lipinski definition) is 2. The number of nitrogens with one attached hydrogen (secondary N) is 2. The summed E-state index contributed by atoms with van der Waals surface area (Å²) in [5.41, 5.74) is 3.31. The Labute approximate surface area is 151 Å². The van der Waals surface area contributed by atoms with Gasteiger partial charge in [-0.3, -0.25) is 9.59 Å². The number of para-hydroxylation sites is 3. The number of methoxy groups -OCH3 is 1. The van der Waals surface area contributed by atoms with Gasteiger partial charge in [-0.25, -0.2) is 0 Å². The molecule has 0 saturated carbocycles. The van der Waals surface area contributed by atoms with Crippen LogP contribution in [-0.2, 0) is 20.7 Å². The van der Waals surface area contributed by atoms with Gasteiger partial charge in [0.2, 0.25) is 0 Å². The Kier molecular flexibility index (Phi) is 5.22. The lowest BCUT2D eigenvalue weighted by molar-refractivity contribution is -0.146. The van der Waals surface area contributed by atoms with Gasteiger partial charge in [0.25, 0.3) is 5.91 Å². The van der Waals surface area contributed by atoms with Crippen LogP contribution in [0.4, 0.5) is 5.69 Å². The molecule has 0 aliphatic rings. The van der Waals surface area contributed by atoms with E-state index in [2.05, 4.69) is 10.3 Å². The summed E-state index contributed by atoms with van der Waals surface area (Å²) in [6, 6.07) is 14.8. The van der Waals surface area contributed by atoms with Crippen molar-refractivity contribution in [3.63, 3.8) is 0 Å². The van der Waals surface area contributed by atoms with E-state index < -0.39 is 11.9 Å². The van der Waals surface area contributed by atoms with E-state index in [1.165, 1.54) is 7.11 Å². The number of hydrogen-bond acceptors (Lipinski definition) is 4. The minimum atomic E-state index is -0.451. The molecule has 3 rings (SSSR count). The van der Waals surface area contributed by atoms with Crippen molar-refractivity contribution in [2.45, 2.75) is 13.3 Å². The van der Waals surface area contributed by atoms with Crippen LogP contribution < -0.4 is 10.1 Å². The zero-order chi connectivity index (χ0) is 18.5. The molecule has 26 heavy (non-hydrogen) atoms. The number of aromatic amines is 1. The average molecular weight is 352 g/mol. The number of amides is 1. The summed E-state index contributed by atoms with van der Waals surface area (Å²) >= 11 is 0. The fourth-order valence-electron chi connectivity index (χ4n) is 2.84. The molecule has 0 fully saturated rings. The lowest BCUT2D eigenvalue weighted by Gasteiger charge is -2.10. The van der Waals surface area contributed by atoms with Crippen LogP contribution in [0.2, 0.25) is 0 Å². The van der Waals surface area contributed by atoms with Crippen LogP contribution in [-0.4, -0.2) is 30.6 Å². The number of ether oxygens (including phenoxy) is 2. The highest BCUT2D eigenvalue weighted by Crippen LogP contribution is 2.23. The molecule has 2 N–H and O–H groups in total. The molecule has 0 aliphatic carbocycles. The number of carbonyl (C=O) groups excluding carboxylic acids is 2. The van der Waals surface area contributed by atoms with Gasteiger partial charge in [-0.05, 0) is 30.7 Å². The second kappa shape index (κ2) is 7.74. The van der Waals surface area contributed by atoms with Gasteiger partial charge in [-0.15, -0.1) is 0 Å². The topological polar surface area (TPSA) is 80.4 Å². The maximum atomic E-state index is 12.1. The fraction of sp³-hybridized carbons (Fsp3) is 0.200.